The molecule has 0 radical (unpaired) electrons. The van der Waals surface area contributed by atoms with E-state index in [1.165, 1.54) is 0 Å². The van der Waals surface area contributed by atoms with E-state index in [9.17, 15) is 9.59 Å². The van der Waals surface area contributed by atoms with Gasteiger partial charge in [-0.1, -0.05) is 12.1 Å². The van der Waals surface area contributed by atoms with Gasteiger partial charge in [-0.2, -0.15) is 0 Å². The molecular weight excluding hydrogens is 290 g/mol. The molecule has 0 atom stereocenters. The molecule has 1 amide bonds. The van der Waals surface area contributed by atoms with Crippen LogP contribution in [0.25, 0.3) is 0 Å². The highest BCUT2D eigenvalue weighted by atomic mass is 16.3. The topological polar surface area (TPSA) is 50.5 Å². The molecule has 2 rings (SSSR count). The molecule has 0 aliphatic rings. The number of amides is 1. The summed E-state index contributed by atoms with van der Waals surface area (Å²) >= 11 is 0. The number of hydrogen-bond acceptors (Lipinski definition) is 3. The quantitative estimate of drug-likeness (QED) is 0.762. The Kier molecular flexibility index (Phi) is 5.37. The third kappa shape index (κ3) is 4.55. The summed E-state index contributed by atoms with van der Waals surface area (Å²) in [4.78, 5) is 25.9. The Morgan fingerprint density at radius 1 is 1.00 bits per heavy atom. The SMILES string of the molecule is Cc1ccc(CN(C)C(=O)CCC(=O)c2ccc(C)c(C)c2)o1. The van der Waals surface area contributed by atoms with Crippen LogP contribution < -0.4 is 0 Å². The lowest BCUT2D eigenvalue weighted by atomic mass is 10.0. The van der Waals surface area contributed by atoms with Crippen molar-refractivity contribution in [2.24, 2.45) is 0 Å². The maximum atomic E-state index is 12.2. The van der Waals surface area contributed by atoms with Gasteiger partial charge in [0.2, 0.25) is 5.91 Å². The number of ketones is 1. The van der Waals surface area contributed by atoms with Gasteiger partial charge in [-0.15, -0.1) is 0 Å². The summed E-state index contributed by atoms with van der Waals surface area (Å²) < 4.78 is 5.46. The molecule has 0 bridgehead atoms. The predicted octanol–water partition coefficient (Wildman–Crippen LogP) is 3.83. The normalized spacial score (nSPS) is 10.6. The van der Waals surface area contributed by atoms with E-state index >= 15 is 0 Å². The lowest BCUT2D eigenvalue weighted by molar-refractivity contribution is -0.130. The minimum Gasteiger partial charge on any atom is -0.464 e. The van der Waals surface area contributed by atoms with Crippen molar-refractivity contribution in [3.8, 4) is 0 Å². The molecule has 0 saturated heterocycles. The van der Waals surface area contributed by atoms with E-state index in [4.69, 9.17) is 4.42 Å². The minimum absolute atomic E-state index is 0.00342. The maximum Gasteiger partial charge on any atom is 0.223 e. The van der Waals surface area contributed by atoms with Crippen LogP contribution in [0.5, 0.6) is 0 Å². The number of carbonyl (C=O) groups is 2. The fourth-order valence-electron chi connectivity index (χ4n) is 2.36. The number of furan rings is 1. The number of nitrogens with zero attached hydrogens (tertiary/aromatic N) is 1. The van der Waals surface area contributed by atoms with Crippen LogP contribution in [-0.2, 0) is 11.3 Å². The standard InChI is InChI=1S/C19H23NO3/c1-13-5-7-16(11-14(13)2)18(21)9-10-19(22)20(4)12-17-8-6-15(3)23-17/h5-8,11H,9-10,12H2,1-4H3. The fourth-order valence-corrected chi connectivity index (χ4v) is 2.36. The zero-order valence-electron chi connectivity index (χ0n) is 14.2. The number of benzene rings is 1. The van der Waals surface area contributed by atoms with Crippen LogP contribution in [0.15, 0.2) is 34.7 Å². The number of hydrogen-bond donors (Lipinski definition) is 0. The second-order valence-corrected chi connectivity index (χ2v) is 5.98. The third-order valence-corrected chi connectivity index (χ3v) is 4.01. The van der Waals surface area contributed by atoms with Crippen LogP contribution >= 0.6 is 0 Å². The lowest BCUT2D eigenvalue weighted by Gasteiger charge is -2.15. The molecular formula is C19H23NO3. The molecule has 4 heteroatoms. The van der Waals surface area contributed by atoms with Gasteiger partial charge in [0.25, 0.3) is 0 Å². The molecule has 23 heavy (non-hydrogen) atoms. The summed E-state index contributed by atoms with van der Waals surface area (Å²) in [5.74, 6) is 1.52. The van der Waals surface area contributed by atoms with Crippen molar-refractivity contribution in [1.82, 2.24) is 4.90 Å². The van der Waals surface area contributed by atoms with E-state index in [-0.39, 0.29) is 24.5 Å². The first-order valence-corrected chi connectivity index (χ1v) is 7.76. The van der Waals surface area contributed by atoms with Crippen molar-refractivity contribution in [1.29, 1.82) is 0 Å². The van der Waals surface area contributed by atoms with Gasteiger partial charge in [-0.25, -0.2) is 0 Å². The number of Topliss-reactive ketones (excluding diaryl/α,β-unsaturated/α-hetero) is 1. The summed E-state index contributed by atoms with van der Waals surface area (Å²) in [6, 6.07) is 9.38. The van der Waals surface area contributed by atoms with Gasteiger partial charge in [-0.3, -0.25) is 9.59 Å². The van der Waals surface area contributed by atoms with E-state index < -0.39 is 0 Å². The summed E-state index contributed by atoms with van der Waals surface area (Å²) in [6.45, 7) is 6.28. The van der Waals surface area contributed by atoms with Gasteiger partial charge in [0, 0.05) is 25.5 Å². The van der Waals surface area contributed by atoms with Crippen molar-refractivity contribution in [3.05, 3.63) is 58.5 Å². The average molecular weight is 313 g/mol. The molecule has 0 aliphatic heterocycles. The first-order valence-electron chi connectivity index (χ1n) is 7.76. The van der Waals surface area contributed by atoms with Crippen LogP contribution in [-0.4, -0.2) is 23.6 Å². The second-order valence-electron chi connectivity index (χ2n) is 5.98. The number of aryl methyl sites for hydroxylation is 3. The smallest absolute Gasteiger partial charge is 0.223 e. The molecule has 4 nitrogen and oxygen atoms in total. The van der Waals surface area contributed by atoms with E-state index in [1.54, 1.807) is 11.9 Å². The molecule has 0 fully saturated rings. The summed E-state index contributed by atoms with van der Waals surface area (Å²) in [5, 5.41) is 0. The van der Waals surface area contributed by atoms with Crippen LogP contribution in [0.4, 0.5) is 0 Å². The highest BCUT2D eigenvalue weighted by Crippen LogP contribution is 2.14. The Morgan fingerprint density at radius 3 is 2.35 bits per heavy atom. The highest BCUT2D eigenvalue weighted by Gasteiger charge is 2.14. The minimum atomic E-state index is -0.0590. The van der Waals surface area contributed by atoms with Gasteiger partial charge in [-0.05, 0) is 50.1 Å². The van der Waals surface area contributed by atoms with E-state index in [0.29, 0.717) is 12.1 Å². The fraction of sp³-hybridized carbons (Fsp3) is 0.368. The molecule has 0 spiro atoms. The van der Waals surface area contributed by atoms with Gasteiger partial charge in [0.15, 0.2) is 5.78 Å². The van der Waals surface area contributed by atoms with Crippen LogP contribution in [0.2, 0.25) is 0 Å². The number of carbonyl (C=O) groups excluding carboxylic acids is 2. The Hall–Kier alpha value is -2.36. The van der Waals surface area contributed by atoms with Crippen LogP contribution in [0, 0.1) is 20.8 Å². The summed E-state index contributed by atoms with van der Waals surface area (Å²) in [5.41, 5.74) is 2.92. The van der Waals surface area contributed by atoms with Crippen molar-refractivity contribution in [2.75, 3.05) is 7.05 Å². The van der Waals surface area contributed by atoms with E-state index in [0.717, 1.165) is 22.6 Å². The van der Waals surface area contributed by atoms with Gasteiger partial charge in [0.05, 0.1) is 6.54 Å². The highest BCUT2D eigenvalue weighted by molar-refractivity contribution is 5.98. The Balaban J connectivity index is 1.87. The molecule has 0 aliphatic carbocycles. The lowest BCUT2D eigenvalue weighted by Crippen LogP contribution is -2.26. The zero-order valence-corrected chi connectivity index (χ0v) is 14.2. The molecule has 0 saturated carbocycles. The van der Waals surface area contributed by atoms with Gasteiger partial charge in [0.1, 0.15) is 11.5 Å². The molecule has 1 aromatic heterocycles. The number of rotatable bonds is 6. The molecule has 0 N–H and O–H groups in total. The third-order valence-electron chi connectivity index (χ3n) is 4.01. The Labute approximate surface area is 137 Å². The van der Waals surface area contributed by atoms with Crippen LogP contribution in [0.3, 0.4) is 0 Å². The molecule has 0 unspecified atom stereocenters. The van der Waals surface area contributed by atoms with Crippen LogP contribution in [0.1, 0.15) is 45.8 Å². The Morgan fingerprint density at radius 2 is 1.74 bits per heavy atom. The predicted molar refractivity (Wildman–Crippen MR) is 89.4 cm³/mol. The van der Waals surface area contributed by atoms with Crippen molar-refractivity contribution < 1.29 is 14.0 Å². The second kappa shape index (κ2) is 7.27. The average Bonchev–Trinajstić information content (AvgIpc) is 2.92. The van der Waals surface area contributed by atoms with Gasteiger partial charge >= 0.3 is 0 Å². The monoisotopic (exact) mass is 313 g/mol. The molecule has 2 aromatic rings. The Bertz CT molecular complexity index is 715. The zero-order chi connectivity index (χ0) is 17.0. The van der Waals surface area contributed by atoms with E-state index in [1.807, 2.05) is 51.1 Å². The molecule has 1 heterocycles. The first-order chi connectivity index (χ1) is 10.9. The largest absolute Gasteiger partial charge is 0.464 e. The maximum absolute atomic E-state index is 12.2. The first kappa shape index (κ1) is 17.0. The van der Waals surface area contributed by atoms with Crippen molar-refractivity contribution in [2.45, 2.75) is 40.2 Å². The molecule has 122 valence electrons. The summed E-state index contributed by atoms with van der Waals surface area (Å²) in [6.07, 6.45) is 0.435. The summed E-state index contributed by atoms with van der Waals surface area (Å²) in [7, 11) is 1.72. The van der Waals surface area contributed by atoms with Gasteiger partial charge < -0.3 is 9.32 Å². The van der Waals surface area contributed by atoms with Crippen molar-refractivity contribution >= 4 is 11.7 Å². The van der Waals surface area contributed by atoms with Crippen molar-refractivity contribution in [3.63, 3.8) is 0 Å². The molecule has 1 aromatic carbocycles. The van der Waals surface area contributed by atoms with E-state index in [2.05, 4.69) is 0 Å².